The molecule has 0 saturated heterocycles. The van der Waals surface area contributed by atoms with Gasteiger partial charge >= 0.3 is 0 Å². The van der Waals surface area contributed by atoms with Crippen LogP contribution in [0, 0.1) is 6.92 Å². The van der Waals surface area contributed by atoms with Crippen LogP contribution in [-0.4, -0.2) is 37.4 Å². The molecule has 2 heterocycles. The summed E-state index contributed by atoms with van der Waals surface area (Å²) in [5.74, 6) is 4.28. The first-order valence-corrected chi connectivity index (χ1v) is 11.2. The molecule has 5 rings (SSSR count). The molecule has 7 nitrogen and oxygen atoms in total. The van der Waals surface area contributed by atoms with E-state index in [1.165, 1.54) is 0 Å². The Morgan fingerprint density at radius 2 is 1.59 bits per heavy atom. The van der Waals surface area contributed by atoms with E-state index in [-0.39, 0.29) is 6.04 Å². The predicted octanol–water partition coefficient (Wildman–Crippen LogP) is 5.57. The number of fused-ring (bicyclic) bond motifs is 2. The minimum atomic E-state index is 0.00255. The van der Waals surface area contributed by atoms with Gasteiger partial charge in [-0.2, -0.15) is 0 Å². The minimum absolute atomic E-state index is 0.00255. The number of methoxy groups -OCH3 is 2. The number of nitrogens with zero attached hydrogens (tertiary/aromatic N) is 2. The highest BCUT2D eigenvalue weighted by Crippen LogP contribution is 2.37. The molecule has 1 atom stereocenters. The van der Waals surface area contributed by atoms with Gasteiger partial charge in [0, 0.05) is 17.5 Å². The fraction of sp³-hybridized carbons (Fsp3) is 0.259. The number of hydrogen-bond acceptors (Lipinski definition) is 7. The number of benzene rings is 3. The lowest BCUT2D eigenvalue weighted by Crippen LogP contribution is -2.15. The van der Waals surface area contributed by atoms with Crippen molar-refractivity contribution in [3.8, 4) is 34.1 Å². The Morgan fingerprint density at radius 3 is 2.38 bits per heavy atom. The molecule has 4 aromatic rings. The maximum atomic E-state index is 5.76. The molecule has 0 radical (unpaired) electrons. The van der Waals surface area contributed by atoms with Gasteiger partial charge < -0.3 is 24.3 Å². The quantitative estimate of drug-likeness (QED) is 0.406. The van der Waals surface area contributed by atoms with E-state index >= 15 is 0 Å². The summed E-state index contributed by atoms with van der Waals surface area (Å²) < 4.78 is 22.4. The van der Waals surface area contributed by atoms with Gasteiger partial charge in [0.2, 0.25) is 0 Å². The average molecular weight is 458 g/mol. The molecule has 0 saturated carbocycles. The molecule has 0 aliphatic carbocycles. The van der Waals surface area contributed by atoms with Crippen LogP contribution in [0.1, 0.15) is 24.4 Å². The van der Waals surface area contributed by atoms with Crippen LogP contribution in [0.2, 0.25) is 0 Å². The Kier molecular flexibility index (Phi) is 5.84. The second kappa shape index (κ2) is 9.09. The van der Waals surface area contributed by atoms with Crippen LogP contribution in [0.3, 0.4) is 0 Å². The Labute approximate surface area is 198 Å². The summed E-state index contributed by atoms with van der Waals surface area (Å²) in [5, 5.41) is 4.44. The van der Waals surface area contributed by atoms with Crippen molar-refractivity contribution in [2.75, 3.05) is 32.8 Å². The highest BCUT2D eigenvalue weighted by atomic mass is 16.6. The van der Waals surface area contributed by atoms with Crippen molar-refractivity contribution in [3.63, 3.8) is 0 Å². The number of anilines is 1. The number of rotatable bonds is 6. The summed E-state index contributed by atoms with van der Waals surface area (Å²) in [6.07, 6.45) is 0. The number of aryl methyl sites for hydroxylation is 1. The summed E-state index contributed by atoms with van der Waals surface area (Å²) in [6, 6.07) is 18.3. The van der Waals surface area contributed by atoms with Gasteiger partial charge in [0.15, 0.2) is 23.0 Å². The zero-order valence-electron chi connectivity index (χ0n) is 19.7. The van der Waals surface area contributed by atoms with E-state index in [0.29, 0.717) is 30.5 Å². The number of ether oxygens (including phenoxy) is 4. The molecule has 1 aliphatic rings. The van der Waals surface area contributed by atoms with Crippen molar-refractivity contribution in [1.82, 2.24) is 9.97 Å². The summed E-state index contributed by atoms with van der Waals surface area (Å²) in [7, 11) is 3.24. The molecule has 0 amide bonds. The third-order valence-electron chi connectivity index (χ3n) is 5.93. The van der Waals surface area contributed by atoms with Gasteiger partial charge in [-0.1, -0.05) is 24.3 Å². The van der Waals surface area contributed by atoms with E-state index in [1.807, 2.05) is 31.2 Å². The zero-order valence-corrected chi connectivity index (χ0v) is 19.7. The molecule has 34 heavy (non-hydrogen) atoms. The van der Waals surface area contributed by atoms with E-state index in [1.54, 1.807) is 14.2 Å². The van der Waals surface area contributed by atoms with Gasteiger partial charge in [0.1, 0.15) is 24.9 Å². The molecule has 1 aliphatic heterocycles. The van der Waals surface area contributed by atoms with E-state index in [4.69, 9.17) is 18.9 Å². The third kappa shape index (κ3) is 4.17. The summed E-state index contributed by atoms with van der Waals surface area (Å²) >= 11 is 0. The summed E-state index contributed by atoms with van der Waals surface area (Å²) in [5.41, 5.74) is 4.12. The smallest absolute Gasteiger partial charge is 0.162 e. The van der Waals surface area contributed by atoms with Crippen LogP contribution in [0.25, 0.3) is 22.0 Å². The van der Waals surface area contributed by atoms with Crippen LogP contribution < -0.4 is 24.3 Å². The second-order valence-electron chi connectivity index (χ2n) is 8.19. The van der Waals surface area contributed by atoms with Crippen LogP contribution in [0.5, 0.6) is 23.0 Å². The fourth-order valence-corrected chi connectivity index (χ4v) is 4.18. The van der Waals surface area contributed by atoms with Gasteiger partial charge in [-0.25, -0.2) is 9.97 Å². The monoisotopic (exact) mass is 457 g/mol. The van der Waals surface area contributed by atoms with E-state index in [0.717, 1.165) is 44.9 Å². The molecule has 0 fully saturated rings. The predicted molar refractivity (Wildman–Crippen MR) is 132 cm³/mol. The Hall–Kier alpha value is -4.00. The Morgan fingerprint density at radius 1 is 0.853 bits per heavy atom. The molecule has 0 bridgehead atoms. The van der Waals surface area contributed by atoms with E-state index in [9.17, 15) is 0 Å². The minimum Gasteiger partial charge on any atom is -0.493 e. The highest BCUT2D eigenvalue weighted by Gasteiger charge is 2.16. The first-order valence-electron chi connectivity index (χ1n) is 11.2. The molecule has 174 valence electrons. The first-order chi connectivity index (χ1) is 16.6. The lowest BCUT2D eigenvalue weighted by molar-refractivity contribution is 0.171. The highest BCUT2D eigenvalue weighted by molar-refractivity contribution is 5.92. The van der Waals surface area contributed by atoms with Crippen molar-refractivity contribution in [3.05, 3.63) is 66.0 Å². The van der Waals surface area contributed by atoms with Gasteiger partial charge in [-0.05, 0) is 54.8 Å². The summed E-state index contributed by atoms with van der Waals surface area (Å²) in [6.45, 7) is 5.16. The van der Waals surface area contributed by atoms with Crippen molar-refractivity contribution in [1.29, 1.82) is 0 Å². The van der Waals surface area contributed by atoms with Crippen LogP contribution in [0.4, 0.5) is 5.82 Å². The molecule has 3 aromatic carbocycles. The fourth-order valence-electron chi connectivity index (χ4n) is 4.18. The normalized spacial score (nSPS) is 13.4. The van der Waals surface area contributed by atoms with Crippen LogP contribution >= 0.6 is 0 Å². The van der Waals surface area contributed by atoms with Crippen LogP contribution in [-0.2, 0) is 0 Å². The largest absolute Gasteiger partial charge is 0.493 e. The van der Waals surface area contributed by atoms with Crippen molar-refractivity contribution >= 4 is 16.7 Å². The number of hydrogen-bond donors (Lipinski definition) is 1. The maximum Gasteiger partial charge on any atom is 0.162 e. The Balaban J connectivity index is 1.46. The average Bonchev–Trinajstić information content (AvgIpc) is 2.87. The van der Waals surface area contributed by atoms with Gasteiger partial charge in [0.25, 0.3) is 0 Å². The van der Waals surface area contributed by atoms with Gasteiger partial charge in [-0.3, -0.25) is 0 Å². The lowest BCUT2D eigenvalue weighted by atomic mass is 9.99. The number of nitrogens with one attached hydrogen (secondary N) is 1. The number of aromatic nitrogens is 2. The molecular weight excluding hydrogens is 430 g/mol. The topological polar surface area (TPSA) is 74.7 Å². The second-order valence-corrected chi connectivity index (χ2v) is 8.19. The van der Waals surface area contributed by atoms with Crippen molar-refractivity contribution in [2.45, 2.75) is 19.9 Å². The molecule has 1 N–H and O–H groups in total. The molecule has 7 heteroatoms. The zero-order chi connectivity index (χ0) is 23.7. The molecule has 0 spiro atoms. The Bertz CT molecular complexity index is 1360. The summed E-state index contributed by atoms with van der Waals surface area (Å²) in [4.78, 5) is 9.26. The van der Waals surface area contributed by atoms with Gasteiger partial charge in [-0.15, -0.1) is 0 Å². The van der Waals surface area contributed by atoms with E-state index < -0.39 is 0 Å². The molecule has 0 unspecified atom stereocenters. The third-order valence-corrected chi connectivity index (χ3v) is 5.93. The lowest BCUT2D eigenvalue weighted by Gasteiger charge is -2.20. The van der Waals surface area contributed by atoms with E-state index in [2.05, 4.69) is 52.5 Å². The van der Waals surface area contributed by atoms with Crippen molar-refractivity contribution in [2.24, 2.45) is 0 Å². The molecule has 1 aromatic heterocycles. The maximum absolute atomic E-state index is 5.76. The first kappa shape index (κ1) is 21.8. The van der Waals surface area contributed by atoms with Crippen LogP contribution in [0.15, 0.2) is 54.6 Å². The van der Waals surface area contributed by atoms with Gasteiger partial charge in [0.05, 0.1) is 19.7 Å². The molecular formula is C27H27N3O4. The standard InChI is InChI=1S/C27H27N3O4/c1-16(28-27-21-14-24(31-3)25(32-4)15-22(21)29-17(2)30-27)18-6-5-7-19(12-18)20-8-9-23-26(13-20)34-11-10-33-23/h5-9,12-16H,10-11H2,1-4H3,(H,28,29,30)/t16-/m1/s1. The SMILES string of the molecule is COc1cc2nc(C)nc(N[C@H](C)c3cccc(-c4ccc5c(c4)OCCO5)c3)c2cc1OC. The van der Waals surface area contributed by atoms with Crippen molar-refractivity contribution < 1.29 is 18.9 Å².